The summed E-state index contributed by atoms with van der Waals surface area (Å²) in [7, 11) is 2.06. The maximum absolute atomic E-state index is 12.1. The summed E-state index contributed by atoms with van der Waals surface area (Å²) in [6.45, 7) is 4.14. The van der Waals surface area contributed by atoms with Gasteiger partial charge in [0.1, 0.15) is 5.56 Å². The van der Waals surface area contributed by atoms with Crippen LogP contribution in [0.2, 0.25) is 0 Å². The van der Waals surface area contributed by atoms with E-state index in [2.05, 4.69) is 34.4 Å². The van der Waals surface area contributed by atoms with Gasteiger partial charge in [0.05, 0.1) is 5.69 Å². The Morgan fingerprint density at radius 2 is 2.00 bits per heavy atom. The number of H-pyrrole nitrogens is 1. The summed E-state index contributed by atoms with van der Waals surface area (Å²) in [5.74, 6) is 0.289. The van der Waals surface area contributed by atoms with E-state index in [0.29, 0.717) is 18.2 Å². The second-order valence-corrected chi connectivity index (χ2v) is 7.92. The fourth-order valence-electron chi connectivity index (χ4n) is 4.94. The van der Waals surface area contributed by atoms with Gasteiger partial charge >= 0.3 is 5.97 Å². The molecule has 1 aromatic carbocycles. The van der Waals surface area contributed by atoms with Crippen LogP contribution < -0.4 is 15.8 Å². The van der Waals surface area contributed by atoms with Crippen LogP contribution in [0.25, 0.3) is 11.3 Å². The van der Waals surface area contributed by atoms with Crippen LogP contribution in [0, 0.1) is 11.8 Å². The van der Waals surface area contributed by atoms with Gasteiger partial charge in [0.15, 0.2) is 0 Å². The fourth-order valence-corrected chi connectivity index (χ4v) is 4.94. The molecule has 2 fully saturated rings. The molecule has 3 N–H and O–H groups in total. The van der Waals surface area contributed by atoms with Gasteiger partial charge in [0.2, 0.25) is 0 Å². The number of carbonyl (C=O) groups is 1. The van der Waals surface area contributed by atoms with Crippen LogP contribution in [0.3, 0.4) is 0 Å². The summed E-state index contributed by atoms with van der Waals surface area (Å²) in [6, 6.07) is 10.4. The lowest BCUT2D eigenvalue weighted by atomic mass is 9.98. The first-order chi connectivity index (χ1) is 13.5. The van der Waals surface area contributed by atoms with Crippen molar-refractivity contribution >= 4 is 11.7 Å². The number of aromatic carboxylic acids is 1. The normalized spacial score (nSPS) is 23.8. The number of aryl methyl sites for hydroxylation is 1. The van der Waals surface area contributed by atoms with E-state index in [4.69, 9.17) is 0 Å². The molecule has 1 saturated carbocycles. The molecule has 3 atom stereocenters. The van der Waals surface area contributed by atoms with Crippen molar-refractivity contribution in [2.45, 2.75) is 32.2 Å². The highest BCUT2D eigenvalue weighted by molar-refractivity contribution is 5.88. The topological polar surface area (TPSA) is 85.4 Å². The molecule has 4 rings (SSSR count). The SMILES string of the molecule is CCc1cc(C(=O)O)c(=O)[nH]c1-c1ccc(N2C[C@H]3CC[C@@H](NC)[C@H]3C2)cc1. The maximum Gasteiger partial charge on any atom is 0.341 e. The number of benzene rings is 1. The zero-order valence-electron chi connectivity index (χ0n) is 16.4. The molecule has 2 aliphatic rings. The molecule has 0 amide bonds. The molecule has 1 saturated heterocycles. The van der Waals surface area contributed by atoms with Crippen molar-refractivity contribution < 1.29 is 9.90 Å². The number of aromatic amines is 1. The summed E-state index contributed by atoms with van der Waals surface area (Å²) >= 11 is 0. The highest BCUT2D eigenvalue weighted by Crippen LogP contribution is 2.40. The van der Waals surface area contributed by atoms with E-state index in [9.17, 15) is 14.7 Å². The monoisotopic (exact) mass is 381 g/mol. The van der Waals surface area contributed by atoms with Gasteiger partial charge in [0.25, 0.3) is 5.56 Å². The highest BCUT2D eigenvalue weighted by atomic mass is 16.4. The third-order valence-electron chi connectivity index (χ3n) is 6.48. The van der Waals surface area contributed by atoms with Gasteiger partial charge < -0.3 is 20.3 Å². The third-order valence-corrected chi connectivity index (χ3v) is 6.48. The van der Waals surface area contributed by atoms with Gasteiger partial charge in [0, 0.05) is 24.8 Å². The number of carboxylic acids is 1. The molecule has 6 nitrogen and oxygen atoms in total. The van der Waals surface area contributed by atoms with Gasteiger partial charge in [-0.05, 0) is 67.5 Å². The molecule has 0 bridgehead atoms. The second kappa shape index (κ2) is 7.43. The minimum absolute atomic E-state index is 0.208. The number of rotatable bonds is 5. The van der Waals surface area contributed by atoms with E-state index in [0.717, 1.165) is 36.1 Å². The lowest BCUT2D eigenvalue weighted by molar-refractivity contribution is 0.0695. The molecule has 2 aromatic rings. The van der Waals surface area contributed by atoms with Gasteiger partial charge in [-0.1, -0.05) is 19.1 Å². The van der Waals surface area contributed by atoms with E-state index in [-0.39, 0.29) is 5.56 Å². The van der Waals surface area contributed by atoms with Crippen LogP contribution in [0.1, 0.15) is 35.7 Å². The molecule has 0 unspecified atom stereocenters. The van der Waals surface area contributed by atoms with Crippen LogP contribution in [0.15, 0.2) is 35.1 Å². The predicted octanol–water partition coefficient (Wildman–Crippen LogP) is 2.74. The van der Waals surface area contributed by atoms with Gasteiger partial charge in [-0.2, -0.15) is 0 Å². The summed E-state index contributed by atoms with van der Waals surface area (Å²) in [4.78, 5) is 28.6. The van der Waals surface area contributed by atoms with Crippen molar-refractivity contribution in [2.75, 3.05) is 25.0 Å². The fraction of sp³-hybridized carbons (Fsp3) is 0.455. The van der Waals surface area contributed by atoms with E-state index >= 15 is 0 Å². The van der Waals surface area contributed by atoms with Crippen molar-refractivity contribution in [3.63, 3.8) is 0 Å². The summed E-state index contributed by atoms with van der Waals surface area (Å²) in [5, 5.41) is 12.6. The molecule has 1 aliphatic carbocycles. The minimum atomic E-state index is -1.20. The van der Waals surface area contributed by atoms with Crippen molar-refractivity contribution in [2.24, 2.45) is 11.8 Å². The molecule has 1 aromatic heterocycles. The Hall–Kier alpha value is -2.60. The molecule has 148 valence electrons. The third kappa shape index (κ3) is 3.22. The first kappa shape index (κ1) is 18.7. The number of fused-ring (bicyclic) bond motifs is 1. The lowest BCUT2D eigenvalue weighted by Crippen LogP contribution is -2.33. The maximum atomic E-state index is 12.1. The Bertz CT molecular complexity index is 935. The van der Waals surface area contributed by atoms with Crippen molar-refractivity contribution in [1.29, 1.82) is 0 Å². The molecule has 28 heavy (non-hydrogen) atoms. The smallest absolute Gasteiger partial charge is 0.341 e. The molecule has 0 radical (unpaired) electrons. The van der Waals surface area contributed by atoms with Crippen LogP contribution in [-0.2, 0) is 6.42 Å². The minimum Gasteiger partial charge on any atom is -0.477 e. The Balaban J connectivity index is 1.58. The summed E-state index contributed by atoms with van der Waals surface area (Å²) < 4.78 is 0. The highest BCUT2D eigenvalue weighted by Gasteiger charge is 2.41. The number of hydrogen-bond donors (Lipinski definition) is 3. The molecular weight excluding hydrogens is 354 g/mol. The standard InChI is InChI=1S/C22H27N3O3/c1-3-13-10-17(22(27)28)21(26)24-20(13)14-4-7-16(8-5-14)25-11-15-6-9-19(23-2)18(15)12-25/h4-5,7-8,10,15,18-19,23H,3,6,9,11-12H2,1-2H3,(H,24,26)(H,27,28)/t15-,18+,19-/m1/s1. The number of nitrogens with zero attached hydrogens (tertiary/aromatic N) is 1. The lowest BCUT2D eigenvalue weighted by Gasteiger charge is -2.22. The number of anilines is 1. The van der Waals surface area contributed by atoms with Crippen LogP contribution in [0.5, 0.6) is 0 Å². The van der Waals surface area contributed by atoms with Gasteiger partial charge in [-0.3, -0.25) is 4.79 Å². The van der Waals surface area contributed by atoms with Gasteiger partial charge in [-0.15, -0.1) is 0 Å². The Morgan fingerprint density at radius 1 is 1.25 bits per heavy atom. The summed E-state index contributed by atoms with van der Waals surface area (Å²) in [5.41, 5.74) is 2.88. The molecule has 2 heterocycles. The molecular formula is C22H27N3O3. The van der Waals surface area contributed by atoms with Crippen LogP contribution in [0.4, 0.5) is 5.69 Å². The van der Waals surface area contributed by atoms with Crippen LogP contribution >= 0.6 is 0 Å². The van der Waals surface area contributed by atoms with E-state index < -0.39 is 11.5 Å². The number of pyridine rings is 1. The van der Waals surface area contributed by atoms with E-state index in [1.165, 1.54) is 24.6 Å². The van der Waals surface area contributed by atoms with Crippen LogP contribution in [-0.4, -0.2) is 42.2 Å². The Kier molecular flexibility index (Phi) is 4.98. The van der Waals surface area contributed by atoms with E-state index in [1.54, 1.807) is 0 Å². The number of hydrogen-bond acceptors (Lipinski definition) is 4. The van der Waals surface area contributed by atoms with Crippen molar-refractivity contribution in [1.82, 2.24) is 10.3 Å². The molecule has 1 aliphatic heterocycles. The predicted molar refractivity (Wildman–Crippen MR) is 110 cm³/mol. The largest absolute Gasteiger partial charge is 0.477 e. The number of carboxylic acid groups (broad SMARTS) is 1. The second-order valence-electron chi connectivity index (χ2n) is 7.92. The van der Waals surface area contributed by atoms with Crippen molar-refractivity contribution in [3.05, 3.63) is 51.8 Å². The Labute approximate surface area is 164 Å². The zero-order valence-corrected chi connectivity index (χ0v) is 16.4. The molecule has 6 heteroatoms. The average molecular weight is 381 g/mol. The molecule has 0 spiro atoms. The number of nitrogens with one attached hydrogen (secondary N) is 2. The van der Waals surface area contributed by atoms with E-state index in [1.807, 2.05) is 19.1 Å². The number of aromatic nitrogens is 1. The van der Waals surface area contributed by atoms with Crippen molar-refractivity contribution in [3.8, 4) is 11.3 Å². The zero-order chi connectivity index (χ0) is 19.8. The first-order valence-electron chi connectivity index (χ1n) is 10.0. The summed E-state index contributed by atoms with van der Waals surface area (Å²) in [6.07, 6.45) is 3.22. The quantitative estimate of drug-likeness (QED) is 0.742. The van der Waals surface area contributed by atoms with Gasteiger partial charge in [-0.25, -0.2) is 4.79 Å². The first-order valence-corrected chi connectivity index (χ1v) is 10.0. The average Bonchev–Trinajstić information content (AvgIpc) is 3.28. The Morgan fingerprint density at radius 3 is 2.64 bits per heavy atom.